The van der Waals surface area contributed by atoms with Gasteiger partial charge in [-0.25, -0.2) is 13.4 Å². The summed E-state index contributed by atoms with van der Waals surface area (Å²) in [7, 11) is -1.90. The van der Waals surface area contributed by atoms with E-state index in [-0.39, 0.29) is 10.7 Å². The molecule has 0 saturated heterocycles. The minimum absolute atomic E-state index is 0.140. The van der Waals surface area contributed by atoms with Crippen molar-refractivity contribution in [3.05, 3.63) is 18.3 Å². The molecule has 0 aliphatic carbocycles. The molecule has 0 aromatic carbocycles. The molecule has 0 amide bonds. The van der Waals surface area contributed by atoms with Crippen molar-refractivity contribution in [1.82, 2.24) is 9.29 Å². The normalized spacial score (nSPS) is 11.2. The Kier molecular flexibility index (Phi) is 5.61. The average molecular weight is 317 g/mol. The van der Waals surface area contributed by atoms with Crippen LogP contribution in [0, 0.1) is 0 Å². The largest absolute Gasteiger partial charge is 0.468 e. The number of ether oxygens (including phenoxy) is 2. The molecule has 0 radical (unpaired) electrons. The van der Waals surface area contributed by atoms with E-state index < -0.39 is 35.1 Å². The van der Waals surface area contributed by atoms with Crippen LogP contribution in [0.2, 0.25) is 0 Å². The number of sulfonamides is 1. The molecule has 0 saturated carbocycles. The fourth-order valence-electron chi connectivity index (χ4n) is 1.34. The zero-order valence-corrected chi connectivity index (χ0v) is 12.3. The first-order chi connectivity index (χ1) is 9.81. The van der Waals surface area contributed by atoms with Crippen LogP contribution in [0.3, 0.4) is 0 Å². The molecule has 0 bridgehead atoms. The SMILES string of the molecule is COC(=O)CN(CC(=O)OC)S(=O)(=O)c1ccc(N)nc1. The van der Waals surface area contributed by atoms with Gasteiger partial charge in [0.1, 0.15) is 23.8 Å². The molecule has 2 N–H and O–H groups in total. The van der Waals surface area contributed by atoms with Crippen LogP contribution >= 0.6 is 0 Å². The number of esters is 2. The second kappa shape index (κ2) is 6.99. The van der Waals surface area contributed by atoms with Crippen molar-refractivity contribution in [2.75, 3.05) is 33.0 Å². The lowest BCUT2D eigenvalue weighted by atomic mass is 10.5. The van der Waals surface area contributed by atoms with Crippen LogP contribution in [0.4, 0.5) is 5.82 Å². The molecular weight excluding hydrogens is 302 g/mol. The monoisotopic (exact) mass is 317 g/mol. The van der Waals surface area contributed by atoms with E-state index in [1.165, 1.54) is 12.1 Å². The quantitative estimate of drug-likeness (QED) is 0.661. The van der Waals surface area contributed by atoms with E-state index in [1.54, 1.807) is 0 Å². The lowest BCUT2D eigenvalue weighted by molar-refractivity contribution is -0.143. The molecule has 9 nitrogen and oxygen atoms in total. The van der Waals surface area contributed by atoms with Crippen LogP contribution < -0.4 is 5.73 Å². The number of anilines is 1. The predicted octanol–water partition coefficient (Wildman–Crippen LogP) is -0.999. The summed E-state index contributed by atoms with van der Waals surface area (Å²) in [5.41, 5.74) is 5.38. The van der Waals surface area contributed by atoms with Crippen LogP contribution in [-0.4, -0.2) is 57.0 Å². The zero-order chi connectivity index (χ0) is 16.0. The number of carbonyl (C=O) groups excluding carboxylic acids is 2. The zero-order valence-electron chi connectivity index (χ0n) is 11.5. The van der Waals surface area contributed by atoms with E-state index in [0.717, 1.165) is 20.4 Å². The van der Waals surface area contributed by atoms with Crippen LogP contribution in [-0.2, 0) is 29.1 Å². The second-order valence-electron chi connectivity index (χ2n) is 3.84. The third-order valence-corrected chi connectivity index (χ3v) is 4.24. The topological polar surface area (TPSA) is 129 Å². The maximum atomic E-state index is 12.4. The Morgan fingerprint density at radius 3 is 2.10 bits per heavy atom. The Morgan fingerprint density at radius 1 is 1.19 bits per heavy atom. The molecule has 0 spiro atoms. The number of nitrogen functional groups attached to an aromatic ring is 1. The molecule has 0 aliphatic rings. The molecule has 0 aliphatic heterocycles. The van der Waals surface area contributed by atoms with Crippen molar-refractivity contribution < 1.29 is 27.5 Å². The fraction of sp³-hybridized carbons (Fsp3) is 0.364. The van der Waals surface area contributed by atoms with Gasteiger partial charge >= 0.3 is 11.9 Å². The Labute approximate surface area is 121 Å². The van der Waals surface area contributed by atoms with Gasteiger partial charge in [-0.1, -0.05) is 0 Å². The lowest BCUT2D eigenvalue weighted by Gasteiger charge is -2.19. The van der Waals surface area contributed by atoms with E-state index in [0.29, 0.717) is 4.31 Å². The van der Waals surface area contributed by atoms with Gasteiger partial charge in [0, 0.05) is 6.20 Å². The molecule has 1 rings (SSSR count). The summed E-state index contributed by atoms with van der Waals surface area (Å²) in [4.78, 5) is 26.1. The highest BCUT2D eigenvalue weighted by atomic mass is 32.2. The Balaban J connectivity index is 3.12. The maximum absolute atomic E-state index is 12.4. The van der Waals surface area contributed by atoms with Gasteiger partial charge in [0.25, 0.3) is 0 Å². The number of rotatable bonds is 6. The number of carbonyl (C=O) groups is 2. The number of methoxy groups -OCH3 is 2. The molecule has 1 aromatic heterocycles. The number of aromatic nitrogens is 1. The van der Waals surface area contributed by atoms with Gasteiger partial charge in [0.2, 0.25) is 10.0 Å². The summed E-state index contributed by atoms with van der Waals surface area (Å²) in [6, 6.07) is 2.51. The van der Waals surface area contributed by atoms with E-state index in [2.05, 4.69) is 14.5 Å². The molecule has 116 valence electrons. The van der Waals surface area contributed by atoms with Gasteiger partial charge in [-0.3, -0.25) is 9.59 Å². The minimum Gasteiger partial charge on any atom is -0.468 e. The van der Waals surface area contributed by atoms with Gasteiger partial charge in [-0.15, -0.1) is 0 Å². The standard InChI is InChI=1S/C11H15N3O6S/c1-19-10(15)6-14(7-11(16)20-2)21(17,18)8-3-4-9(12)13-5-8/h3-5H,6-7H2,1-2H3,(H2,12,13). The van der Waals surface area contributed by atoms with Crippen LogP contribution in [0.5, 0.6) is 0 Å². The summed E-state index contributed by atoms with van der Waals surface area (Å²) in [5.74, 6) is -1.49. The van der Waals surface area contributed by atoms with Gasteiger partial charge in [0.15, 0.2) is 0 Å². The summed E-state index contributed by atoms with van der Waals surface area (Å²) in [5, 5.41) is 0. The van der Waals surface area contributed by atoms with E-state index in [9.17, 15) is 18.0 Å². The molecule has 21 heavy (non-hydrogen) atoms. The molecule has 0 fully saturated rings. The molecule has 1 heterocycles. The number of nitrogens with zero attached hydrogens (tertiary/aromatic N) is 2. The molecule has 10 heteroatoms. The Bertz CT molecular complexity index is 595. The van der Waals surface area contributed by atoms with E-state index in [4.69, 9.17) is 5.73 Å². The van der Waals surface area contributed by atoms with Gasteiger partial charge in [-0.05, 0) is 12.1 Å². The molecule has 0 unspecified atom stereocenters. The number of pyridine rings is 1. The predicted molar refractivity (Wildman–Crippen MR) is 71.4 cm³/mol. The first-order valence-electron chi connectivity index (χ1n) is 5.66. The van der Waals surface area contributed by atoms with Crippen molar-refractivity contribution in [2.45, 2.75) is 4.90 Å². The van der Waals surface area contributed by atoms with E-state index in [1.807, 2.05) is 0 Å². The summed E-state index contributed by atoms with van der Waals surface area (Å²) in [6.07, 6.45) is 1.03. The van der Waals surface area contributed by atoms with Crippen molar-refractivity contribution in [3.63, 3.8) is 0 Å². The van der Waals surface area contributed by atoms with Gasteiger partial charge in [0.05, 0.1) is 14.2 Å². The fourth-order valence-corrected chi connectivity index (χ4v) is 2.61. The first-order valence-corrected chi connectivity index (χ1v) is 7.10. The third-order valence-electron chi connectivity index (χ3n) is 2.46. The Hall–Kier alpha value is -2.20. The molecule has 1 aromatic rings. The first kappa shape index (κ1) is 16.9. The smallest absolute Gasteiger partial charge is 0.321 e. The van der Waals surface area contributed by atoms with Crippen molar-refractivity contribution >= 4 is 27.8 Å². The Morgan fingerprint density at radius 2 is 1.71 bits per heavy atom. The second-order valence-corrected chi connectivity index (χ2v) is 5.78. The van der Waals surface area contributed by atoms with Crippen LogP contribution in [0.15, 0.2) is 23.2 Å². The average Bonchev–Trinajstić information content (AvgIpc) is 2.46. The van der Waals surface area contributed by atoms with E-state index >= 15 is 0 Å². The summed E-state index contributed by atoms with van der Waals surface area (Å²) < 4.78 is 34.2. The lowest BCUT2D eigenvalue weighted by Crippen LogP contribution is -2.40. The number of hydrogen-bond donors (Lipinski definition) is 1. The highest BCUT2D eigenvalue weighted by molar-refractivity contribution is 7.89. The highest BCUT2D eigenvalue weighted by Crippen LogP contribution is 2.15. The maximum Gasteiger partial charge on any atom is 0.321 e. The van der Waals surface area contributed by atoms with Crippen molar-refractivity contribution in [3.8, 4) is 0 Å². The van der Waals surface area contributed by atoms with Crippen LogP contribution in [0.1, 0.15) is 0 Å². The van der Waals surface area contributed by atoms with Crippen molar-refractivity contribution in [1.29, 1.82) is 0 Å². The third kappa shape index (κ3) is 4.39. The van der Waals surface area contributed by atoms with Gasteiger partial charge in [-0.2, -0.15) is 4.31 Å². The summed E-state index contributed by atoms with van der Waals surface area (Å²) >= 11 is 0. The molecular formula is C11H15N3O6S. The highest BCUT2D eigenvalue weighted by Gasteiger charge is 2.29. The number of nitrogens with two attached hydrogens (primary N) is 1. The van der Waals surface area contributed by atoms with Gasteiger partial charge < -0.3 is 15.2 Å². The summed E-state index contributed by atoms with van der Waals surface area (Å²) in [6.45, 7) is -1.25. The van der Waals surface area contributed by atoms with Crippen molar-refractivity contribution in [2.24, 2.45) is 0 Å². The van der Waals surface area contributed by atoms with Crippen LogP contribution in [0.25, 0.3) is 0 Å². The molecule has 0 atom stereocenters. The minimum atomic E-state index is -4.11. The number of hydrogen-bond acceptors (Lipinski definition) is 8.